The summed E-state index contributed by atoms with van der Waals surface area (Å²) in [6.45, 7) is 0. The van der Waals surface area contributed by atoms with Crippen LogP contribution in [0.2, 0.25) is 0 Å². The molecule has 276 valence electrons. The normalized spacial score (nSPS) is 11.7. The highest BCUT2D eigenvalue weighted by molar-refractivity contribution is 6.21. The monoisotopic (exact) mass is 758 g/mol. The first kappa shape index (κ1) is 33.0. The zero-order valence-corrected chi connectivity index (χ0v) is 31.3. The van der Waals surface area contributed by atoms with Crippen molar-refractivity contribution in [1.82, 2.24) is 29.5 Å². The van der Waals surface area contributed by atoms with Gasteiger partial charge >= 0.3 is 0 Å². The van der Waals surface area contributed by atoms with E-state index in [0.717, 1.165) is 66.7 Å². The number of hydrogen-bond donors (Lipinski definition) is 0. The molecule has 0 spiro atoms. The summed E-state index contributed by atoms with van der Waals surface area (Å²) in [5.74, 6) is 2.79. The van der Waals surface area contributed by atoms with Crippen molar-refractivity contribution in [2.24, 2.45) is 0 Å². The van der Waals surface area contributed by atoms with Crippen molar-refractivity contribution >= 4 is 54.8 Å². The molecular weight excluding hydrogens is 729 g/mol. The maximum Gasteiger partial charge on any atom is 0.227 e. The van der Waals surface area contributed by atoms with Gasteiger partial charge in [-0.25, -0.2) is 24.9 Å². The predicted molar refractivity (Wildman–Crippen MR) is 234 cm³/mol. The third-order valence-electron chi connectivity index (χ3n) is 10.9. The molecule has 4 aromatic heterocycles. The number of oxazole rings is 2. The summed E-state index contributed by atoms with van der Waals surface area (Å²) >= 11 is 0. The van der Waals surface area contributed by atoms with E-state index in [1.165, 1.54) is 21.5 Å². The minimum atomic E-state index is 0.551. The van der Waals surface area contributed by atoms with Gasteiger partial charge in [-0.05, 0) is 95.7 Å². The van der Waals surface area contributed by atoms with Gasteiger partial charge in [-0.3, -0.25) is 0 Å². The first-order valence-electron chi connectivity index (χ1n) is 19.4. The van der Waals surface area contributed by atoms with Crippen LogP contribution < -0.4 is 0 Å². The van der Waals surface area contributed by atoms with Crippen molar-refractivity contribution in [1.29, 1.82) is 0 Å². The molecule has 4 heterocycles. The van der Waals surface area contributed by atoms with Gasteiger partial charge in [0.15, 0.2) is 28.6 Å². The summed E-state index contributed by atoms with van der Waals surface area (Å²) in [7, 11) is 0. The fourth-order valence-electron chi connectivity index (χ4n) is 8.06. The summed E-state index contributed by atoms with van der Waals surface area (Å²) in [4.78, 5) is 24.5. The van der Waals surface area contributed by atoms with E-state index >= 15 is 0 Å². The van der Waals surface area contributed by atoms with Crippen molar-refractivity contribution in [3.8, 4) is 62.8 Å². The van der Waals surface area contributed by atoms with Gasteiger partial charge in [0.1, 0.15) is 11.0 Å². The average Bonchev–Trinajstić information content (AvgIpc) is 4.03. The van der Waals surface area contributed by atoms with Crippen molar-refractivity contribution in [2.75, 3.05) is 0 Å². The van der Waals surface area contributed by atoms with Crippen LogP contribution in [-0.4, -0.2) is 29.5 Å². The molecule has 8 aromatic carbocycles. The molecule has 0 saturated carbocycles. The number of hydrogen-bond acceptors (Lipinski definition) is 7. The van der Waals surface area contributed by atoms with E-state index in [4.69, 9.17) is 23.8 Å². The van der Waals surface area contributed by atoms with Gasteiger partial charge < -0.3 is 13.4 Å². The topological polar surface area (TPSA) is 95.7 Å². The lowest BCUT2D eigenvalue weighted by Crippen LogP contribution is -2.00. The summed E-state index contributed by atoms with van der Waals surface area (Å²) < 4.78 is 14.4. The molecule has 0 fully saturated rings. The largest absolute Gasteiger partial charge is 0.436 e. The minimum absolute atomic E-state index is 0.551. The number of fused-ring (bicyclic) bond motifs is 7. The molecule has 59 heavy (non-hydrogen) atoms. The van der Waals surface area contributed by atoms with Crippen LogP contribution >= 0.6 is 0 Å². The Morgan fingerprint density at radius 3 is 1.36 bits per heavy atom. The zero-order chi connectivity index (χ0) is 38.9. The maximum atomic E-state index is 6.05. The van der Waals surface area contributed by atoms with Gasteiger partial charge in [-0.2, -0.15) is 0 Å². The highest BCUT2D eigenvalue weighted by Crippen LogP contribution is 2.37. The Labute approximate surface area is 336 Å². The lowest BCUT2D eigenvalue weighted by atomic mass is 10.0. The second-order valence-electron chi connectivity index (χ2n) is 14.5. The fourth-order valence-corrected chi connectivity index (χ4v) is 8.06. The molecule has 8 nitrogen and oxygen atoms in total. The summed E-state index contributed by atoms with van der Waals surface area (Å²) in [6, 6.07) is 61.6. The van der Waals surface area contributed by atoms with Crippen LogP contribution in [0.5, 0.6) is 0 Å². The average molecular weight is 759 g/mol. The van der Waals surface area contributed by atoms with E-state index in [9.17, 15) is 0 Å². The molecule has 12 aromatic rings. The Morgan fingerprint density at radius 2 is 0.797 bits per heavy atom. The van der Waals surface area contributed by atoms with E-state index in [-0.39, 0.29) is 0 Å². The van der Waals surface area contributed by atoms with Gasteiger partial charge in [0.05, 0.1) is 11.0 Å². The van der Waals surface area contributed by atoms with Crippen LogP contribution in [0.3, 0.4) is 0 Å². The SMILES string of the molecule is c1ccc2c(c1)ccc1c2c2ccccc2n1-c1ccc(-c2nc(-c3ccc(-c4nc5ccccc5o4)cc3)nc(-c3ccc(-c4nc5ccccc5o4)cc3)n2)cc1. The molecule has 0 radical (unpaired) electrons. The molecule has 8 heteroatoms. The lowest BCUT2D eigenvalue weighted by molar-refractivity contribution is 0.619. The predicted octanol–water partition coefficient (Wildman–Crippen LogP) is 12.7. The standard InChI is InChI=1S/C51H30N6O2/c1-2-10-38-31(9-1)27-30-43-46(38)39-11-3-6-14-42(39)57(43)37-28-25-34(26-29-37)49-55-47(32-17-21-35(22-18-32)50-52-40-12-4-7-15-44(40)58-50)54-48(56-49)33-19-23-36(24-20-33)51-53-41-13-5-8-16-45(41)59-51/h1-30H. The number of rotatable bonds is 6. The van der Waals surface area contributed by atoms with E-state index in [1.54, 1.807) is 0 Å². The highest BCUT2D eigenvalue weighted by Gasteiger charge is 2.18. The highest BCUT2D eigenvalue weighted by atomic mass is 16.4. The minimum Gasteiger partial charge on any atom is -0.436 e. The van der Waals surface area contributed by atoms with Crippen LogP contribution in [0.15, 0.2) is 191 Å². The molecule has 0 amide bonds. The van der Waals surface area contributed by atoms with Gasteiger partial charge in [0.25, 0.3) is 0 Å². The van der Waals surface area contributed by atoms with Crippen molar-refractivity contribution in [2.45, 2.75) is 0 Å². The van der Waals surface area contributed by atoms with Crippen LogP contribution in [-0.2, 0) is 0 Å². The summed E-state index contributed by atoms with van der Waals surface area (Å²) in [5, 5.41) is 4.94. The van der Waals surface area contributed by atoms with Gasteiger partial charge in [-0.1, -0.05) is 97.1 Å². The Kier molecular flexibility index (Phi) is 7.36. The number of para-hydroxylation sites is 5. The van der Waals surface area contributed by atoms with Crippen LogP contribution in [0.1, 0.15) is 0 Å². The van der Waals surface area contributed by atoms with E-state index < -0.39 is 0 Å². The molecule has 0 aliphatic heterocycles. The Morgan fingerprint density at radius 1 is 0.339 bits per heavy atom. The molecular formula is C51H30N6O2. The zero-order valence-electron chi connectivity index (χ0n) is 31.3. The second kappa shape index (κ2) is 13.2. The molecule has 0 aliphatic carbocycles. The van der Waals surface area contributed by atoms with Crippen LogP contribution in [0.4, 0.5) is 0 Å². The molecule has 0 atom stereocenters. The smallest absolute Gasteiger partial charge is 0.227 e. The summed E-state index contributed by atoms with van der Waals surface area (Å²) in [6.07, 6.45) is 0. The van der Waals surface area contributed by atoms with E-state index in [2.05, 4.69) is 99.5 Å². The first-order chi connectivity index (χ1) is 29.2. The van der Waals surface area contributed by atoms with Crippen molar-refractivity contribution < 1.29 is 8.83 Å². The third kappa shape index (κ3) is 5.57. The van der Waals surface area contributed by atoms with Crippen LogP contribution in [0.25, 0.3) is 118 Å². The third-order valence-corrected chi connectivity index (χ3v) is 10.9. The summed E-state index contributed by atoms with van der Waals surface area (Å²) in [5.41, 5.74) is 10.8. The molecule has 0 unspecified atom stereocenters. The lowest BCUT2D eigenvalue weighted by Gasteiger charge is -2.11. The van der Waals surface area contributed by atoms with Gasteiger partial charge in [0.2, 0.25) is 11.8 Å². The number of nitrogens with zero attached hydrogens (tertiary/aromatic N) is 6. The molecule has 0 N–H and O–H groups in total. The van der Waals surface area contributed by atoms with E-state index in [0.29, 0.717) is 29.3 Å². The first-order valence-corrected chi connectivity index (χ1v) is 19.4. The Hall–Kier alpha value is -8.23. The van der Waals surface area contributed by atoms with E-state index in [1.807, 2.05) is 97.1 Å². The molecule has 0 aliphatic rings. The quantitative estimate of drug-likeness (QED) is 0.167. The van der Waals surface area contributed by atoms with Gasteiger partial charge in [-0.15, -0.1) is 0 Å². The number of aromatic nitrogens is 6. The molecule has 0 saturated heterocycles. The van der Waals surface area contributed by atoms with Crippen molar-refractivity contribution in [3.05, 3.63) is 182 Å². The fraction of sp³-hybridized carbons (Fsp3) is 0. The Bertz CT molecular complexity index is 3340. The number of benzene rings is 8. The second-order valence-corrected chi connectivity index (χ2v) is 14.5. The van der Waals surface area contributed by atoms with Crippen molar-refractivity contribution in [3.63, 3.8) is 0 Å². The maximum absolute atomic E-state index is 6.05. The molecule has 12 rings (SSSR count). The Balaban J connectivity index is 0.953. The molecule has 0 bridgehead atoms. The van der Waals surface area contributed by atoms with Gasteiger partial charge in [0, 0.05) is 44.3 Å². The van der Waals surface area contributed by atoms with Crippen LogP contribution in [0, 0.1) is 0 Å².